The van der Waals surface area contributed by atoms with Crippen molar-refractivity contribution in [2.24, 2.45) is 5.92 Å². The van der Waals surface area contributed by atoms with Crippen molar-refractivity contribution in [1.82, 2.24) is 10.2 Å². The summed E-state index contributed by atoms with van der Waals surface area (Å²) in [6.07, 6.45) is -4.42. The zero-order valence-electron chi connectivity index (χ0n) is 16.3. The maximum absolute atomic E-state index is 13.0. The lowest BCUT2D eigenvalue weighted by molar-refractivity contribution is -0.137. The molecule has 0 radical (unpaired) electrons. The Hall–Kier alpha value is -2.90. The molecule has 1 atom stereocenters. The van der Waals surface area contributed by atoms with Gasteiger partial charge in [-0.2, -0.15) is 13.2 Å². The molecule has 0 saturated heterocycles. The Kier molecular flexibility index (Phi) is 7.00. The van der Waals surface area contributed by atoms with Gasteiger partial charge in [-0.05, 0) is 47.9 Å². The fraction of sp³-hybridized carbons (Fsp3) is 0.333. The molecule has 1 N–H and O–H groups in total. The Balaban J connectivity index is 2.07. The number of alkyl halides is 3. The highest BCUT2D eigenvalue weighted by Crippen LogP contribution is 2.29. The largest absolute Gasteiger partial charge is 0.416 e. The van der Waals surface area contributed by atoms with Gasteiger partial charge in [0.2, 0.25) is 5.91 Å². The van der Waals surface area contributed by atoms with Gasteiger partial charge in [-0.15, -0.1) is 0 Å². The van der Waals surface area contributed by atoms with Crippen LogP contribution in [0.4, 0.5) is 17.6 Å². The van der Waals surface area contributed by atoms with E-state index in [9.17, 15) is 27.2 Å². The first-order chi connectivity index (χ1) is 13.5. The molecule has 0 heterocycles. The molecule has 0 bridgehead atoms. The summed E-state index contributed by atoms with van der Waals surface area (Å²) in [5, 5.41) is 2.65. The number of carbonyl (C=O) groups is 2. The van der Waals surface area contributed by atoms with Crippen molar-refractivity contribution in [3.63, 3.8) is 0 Å². The number of likely N-dealkylation sites (N-methyl/N-ethyl adjacent to an activating group) is 1. The third-order valence-corrected chi connectivity index (χ3v) is 4.40. The lowest BCUT2D eigenvalue weighted by Gasteiger charge is -2.27. The number of benzene rings is 2. The molecule has 2 rings (SSSR count). The first-order valence-electron chi connectivity index (χ1n) is 8.96. The molecule has 2 aromatic carbocycles. The van der Waals surface area contributed by atoms with E-state index in [2.05, 4.69) is 5.32 Å². The van der Waals surface area contributed by atoms with Crippen molar-refractivity contribution in [2.75, 3.05) is 7.05 Å². The molecule has 0 unspecified atom stereocenters. The molecule has 156 valence electrons. The van der Waals surface area contributed by atoms with Gasteiger partial charge in [-0.1, -0.05) is 26.0 Å². The van der Waals surface area contributed by atoms with Gasteiger partial charge < -0.3 is 10.2 Å². The number of amides is 2. The van der Waals surface area contributed by atoms with Crippen LogP contribution in [-0.4, -0.2) is 29.8 Å². The van der Waals surface area contributed by atoms with E-state index in [4.69, 9.17) is 0 Å². The van der Waals surface area contributed by atoms with Crippen LogP contribution in [0.25, 0.3) is 0 Å². The van der Waals surface area contributed by atoms with Gasteiger partial charge in [0.1, 0.15) is 11.9 Å². The van der Waals surface area contributed by atoms with Crippen molar-refractivity contribution in [1.29, 1.82) is 0 Å². The number of hydrogen-bond donors (Lipinski definition) is 1. The number of hydrogen-bond acceptors (Lipinski definition) is 2. The summed E-state index contributed by atoms with van der Waals surface area (Å²) >= 11 is 0. The van der Waals surface area contributed by atoms with Gasteiger partial charge in [0, 0.05) is 19.2 Å². The maximum Gasteiger partial charge on any atom is 0.416 e. The predicted molar refractivity (Wildman–Crippen MR) is 100 cm³/mol. The average molecular weight is 410 g/mol. The van der Waals surface area contributed by atoms with Gasteiger partial charge in [0.05, 0.1) is 5.56 Å². The third-order valence-electron chi connectivity index (χ3n) is 4.40. The second-order valence-corrected chi connectivity index (χ2v) is 7.09. The van der Waals surface area contributed by atoms with E-state index in [-0.39, 0.29) is 23.9 Å². The number of carbonyl (C=O) groups excluding carboxylic acids is 2. The molecule has 29 heavy (non-hydrogen) atoms. The zero-order chi connectivity index (χ0) is 21.8. The highest BCUT2D eigenvalue weighted by atomic mass is 19.4. The molecule has 0 aliphatic heterocycles. The van der Waals surface area contributed by atoms with Crippen LogP contribution >= 0.6 is 0 Å². The summed E-state index contributed by atoms with van der Waals surface area (Å²) in [6, 6.07) is 8.65. The monoisotopic (exact) mass is 410 g/mol. The van der Waals surface area contributed by atoms with Crippen molar-refractivity contribution in [2.45, 2.75) is 32.6 Å². The van der Waals surface area contributed by atoms with Crippen molar-refractivity contribution in [3.05, 3.63) is 71.0 Å². The normalized spacial score (nSPS) is 12.6. The van der Waals surface area contributed by atoms with Crippen molar-refractivity contribution < 1.29 is 27.2 Å². The molecule has 0 aliphatic rings. The predicted octanol–water partition coefficient (Wildman–Crippen LogP) is 4.26. The molecule has 4 nitrogen and oxygen atoms in total. The Morgan fingerprint density at radius 1 is 1.00 bits per heavy atom. The Morgan fingerprint density at radius 2 is 1.55 bits per heavy atom. The Labute approximate surface area is 166 Å². The second kappa shape index (κ2) is 9.07. The van der Waals surface area contributed by atoms with Crippen LogP contribution in [0.2, 0.25) is 0 Å². The number of halogens is 4. The van der Waals surface area contributed by atoms with E-state index in [0.29, 0.717) is 5.56 Å². The van der Waals surface area contributed by atoms with E-state index >= 15 is 0 Å². The lowest BCUT2D eigenvalue weighted by atomic mass is 10.0. The van der Waals surface area contributed by atoms with E-state index < -0.39 is 29.5 Å². The SMILES string of the molecule is CC(C)[C@@H](NC(=O)c1ccc(F)cc1)C(=O)N(C)Cc1ccc(C(F)(F)F)cc1. The first-order valence-corrected chi connectivity index (χ1v) is 8.96. The highest BCUT2D eigenvalue weighted by molar-refractivity contribution is 5.97. The summed E-state index contributed by atoms with van der Waals surface area (Å²) < 4.78 is 51.0. The zero-order valence-corrected chi connectivity index (χ0v) is 16.3. The number of nitrogens with one attached hydrogen (secondary N) is 1. The van der Waals surface area contributed by atoms with Crippen molar-refractivity contribution in [3.8, 4) is 0 Å². The van der Waals surface area contributed by atoms with Gasteiger partial charge in [0.25, 0.3) is 5.91 Å². The van der Waals surface area contributed by atoms with E-state index in [1.807, 2.05) is 0 Å². The van der Waals surface area contributed by atoms with Crippen LogP contribution in [0.1, 0.15) is 35.3 Å². The summed E-state index contributed by atoms with van der Waals surface area (Å²) in [4.78, 5) is 26.5. The molecule has 8 heteroatoms. The summed E-state index contributed by atoms with van der Waals surface area (Å²) in [7, 11) is 1.51. The van der Waals surface area contributed by atoms with E-state index in [1.165, 1.54) is 36.2 Å². The van der Waals surface area contributed by atoms with Crippen LogP contribution in [0, 0.1) is 11.7 Å². The van der Waals surface area contributed by atoms with E-state index in [1.54, 1.807) is 13.8 Å². The quantitative estimate of drug-likeness (QED) is 0.724. The van der Waals surface area contributed by atoms with Crippen LogP contribution < -0.4 is 5.32 Å². The summed E-state index contributed by atoms with van der Waals surface area (Å²) in [5.41, 5.74) is -0.0155. The van der Waals surface area contributed by atoms with Crippen LogP contribution in [-0.2, 0) is 17.5 Å². The number of nitrogens with zero attached hydrogens (tertiary/aromatic N) is 1. The van der Waals surface area contributed by atoms with Gasteiger partial charge in [-0.25, -0.2) is 4.39 Å². The molecule has 2 amide bonds. The van der Waals surface area contributed by atoms with Crippen molar-refractivity contribution >= 4 is 11.8 Å². The lowest BCUT2D eigenvalue weighted by Crippen LogP contribution is -2.50. The van der Waals surface area contributed by atoms with E-state index in [0.717, 1.165) is 24.3 Å². The Bertz CT molecular complexity index is 846. The minimum Gasteiger partial charge on any atom is -0.340 e. The molecule has 0 saturated carbocycles. The average Bonchev–Trinajstić information content (AvgIpc) is 2.65. The minimum absolute atomic E-state index is 0.0899. The van der Waals surface area contributed by atoms with Gasteiger partial charge in [0.15, 0.2) is 0 Å². The molecule has 0 fully saturated rings. The fourth-order valence-electron chi connectivity index (χ4n) is 2.73. The van der Waals surface area contributed by atoms with Crippen LogP contribution in [0.5, 0.6) is 0 Å². The van der Waals surface area contributed by atoms with Gasteiger partial charge in [-0.3, -0.25) is 9.59 Å². The summed E-state index contributed by atoms with van der Waals surface area (Å²) in [5.74, 6) is -1.60. The van der Waals surface area contributed by atoms with Crippen LogP contribution in [0.15, 0.2) is 48.5 Å². The standard InChI is InChI=1S/C21H22F4N2O2/c1-13(2)18(26-19(28)15-6-10-17(22)11-7-15)20(29)27(3)12-14-4-8-16(9-5-14)21(23,24)25/h4-11,13,18H,12H2,1-3H3,(H,26,28)/t18-/m1/s1. The highest BCUT2D eigenvalue weighted by Gasteiger charge is 2.30. The molecular formula is C21H22F4N2O2. The smallest absolute Gasteiger partial charge is 0.340 e. The molecular weight excluding hydrogens is 388 g/mol. The maximum atomic E-state index is 13.0. The fourth-order valence-corrected chi connectivity index (χ4v) is 2.73. The first kappa shape index (κ1) is 22.4. The van der Waals surface area contributed by atoms with Gasteiger partial charge >= 0.3 is 6.18 Å². The Morgan fingerprint density at radius 3 is 2.03 bits per heavy atom. The summed E-state index contributed by atoms with van der Waals surface area (Å²) in [6.45, 7) is 3.62. The molecule has 0 spiro atoms. The molecule has 0 aliphatic carbocycles. The molecule has 0 aromatic heterocycles. The third kappa shape index (κ3) is 6.04. The van der Waals surface area contributed by atoms with Crippen LogP contribution in [0.3, 0.4) is 0 Å². The number of rotatable bonds is 6. The molecule has 2 aromatic rings. The topological polar surface area (TPSA) is 49.4 Å². The second-order valence-electron chi connectivity index (χ2n) is 7.09. The minimum atomic E-state index is -4.42.